The zero-order valence-electron chi connectivity index (χ0n) is 11.4. The van der Waals surface area contributed by atoms with Crippen LogP contribution in [0.2, 0.25) is 0 Å². The summed E-state index contributed by atoms with van der Waals surface area (Å²) in [6.45, 7) is 3.40. The summed E-state index contributed by atoms with van der Waals surface area (Å²) < 4.78 is 4.66. The second-order valence-electron chi connectivity index (χ2n) is 3.60. The fourth-order valence-corrected chi connectivity index (χ4v) is 1.21. The first kappa shape index (κ1) is 20.9. The van der Waals surface area contributed by atoms with Crippen LogP contribution in [-0.2, 0) is 19.1 Å². The van der Waals surface area contributed by atoms with Crippen LogP contribution in [0.3, 0.4) is 0 Å². The number of nitrogens with two attached hydrogens (primary N) is 1. The molecule has 0 aliphatic heterocycles. The molecular weight excluding hydrogens is 279 g/mol. The molecule has 102 valence electrons. The van der Waals surface area contributed by atoms with E-state index < -0.39 is 23.9 Å². The molecule has 0 aliphatic carbocycles. The molecule has 0 saturated heterocycles. The molecule has 1 amide bonds. The van der Waals surface area contributed by atoms with Crippen molar-refractivity contribution in [2.24, 2.45) is 5.73 Å². The van der Waals surface area contributed by atoms with Gasteiger partial charge in [0.2, 0.25) is 5.91 Å². The van der Waals surface area contributed by atoms with Gasteiger partial charge < -0.3 is 25.7 Å². The van der Waals surface area contributed by atoms with Crippen LogP contribution in [-0.4, -0.2) is 30.5 Å². The van der Waals surface area contributed by atoms with Crippen LogP contribution >= 0.6 is 0 Å². The molecule has 0 aromatic carbocycles. The van der Waals surface area contributed by atoms with Crippen molar-refractivity contribution < 1.29 is 75.6 Å². The molecule has 8 heteroatoms. The first-order chi connectivity index (χ1) is 8.36. The molecule has 1 atom stereocenters. The monoisotopic (exact) mass is 296 g/mol. The third kappa shape index (κ3) is 11.1. The van der Waals surface area contributed by atoms with Crippen molar-refractivity contribution in [1.29, 1.82) is 0 Å². The van der Waals surface area contributed by atoms with Gasteiger partial charge in [0.25, 0.3) is 0 Å². The van der Waals surface area contributed by atoms with Crippen molar-refractivity contribution in [3.63, 3.8) is 0 Å². The van der Waals surface area contributed by atoms with E-state index in [0.717, 1.165) is 6.08 Å². The molecule has 0 aliphatic rings. The van der Waals surface area contributed by atoms with Gasteiger partial charge in [-0.1, -0.05) is 0 Å². The minimum Gasteiger partial charge on any atom is -0.548 e. The fraction of sp³-hybridized carbons (Fsp3) is 0.545. The normalized spacial score (nSPS) is 12.0. The predicted molar refractivity (Wildman–Crippen MR) is 60.7 cm³/mol. The van der Waals surface area contributed by atoms with Crippen molar-refractivity contribution in [1.82, 2.24) is 5.32 Å². The molecule has 0 heterocycles. The zero-order valence-corrected chi connectivity index (χ0v) is 14.5. The van der Waals surface area contributed by atoms with E-state index in [2.05, 4.69) is 10.1 Å². The zero-order chi connectivity index (χ0) is 14.1. The van der Waals surface area contributed by atoms with Crippen molar-refractivity contribution in [2.75, 3.05) is 6.61 Å². The molecule has 0 aromatic rings. The van der Waals surface area contributed by atoms with Gasteiger partial charge >= 0.3 is 57.4 Å². The Morgan fingerprint density at radius 3 is 2.42 bits per heavy atom. The molecule has 19 heavy (non-hydrogen) atoms. The molecule has 0 spiro atoms. The number of hydrogen-bond acceptors (Lipinski definition) is 6. The van der Waals surface area contributed by atoms with Gasteiger partial charge in [-0.3, -0.25) is 4.79 Å². The minimum atomic E-state index is -1.37. The summed E-state index contributed by atoms with van der Waals surface area (Å²) in [5, 5.41) is 13.3. The third-order valence-corrected chi connectivity index (χ3v) is 1.99. The number of carboxylic acids is 1. The summed E-state index contributed by atoms with van der Waals surface area (Å²) in [6, 6.07) is -1.08. The van der Waals surface area contributed by atoms with Gasteiger partial charge in [0, 0.05) is 18.2 Å². The number of nitrogens with one attached hydrogen (secondary N) is 1. The smallest absolute Gasteiger partial charge is 0.548 e. The van der Waals surface area contributed by atoms with Crippen molar-refractivity contribution in [2.45, 2.75) is 32.7 Å². The Balaban J connectivity index is 0. The Labute approximate surface area is 154 Å². The van der Waals surface area contributed by atoms with Gasteiger partial charge in [0.05, 0.1) is 18.6 Å². The molecule has 0 bridgehead atoms. The van der Waals surface area contributed by atoms with Crippen LogP contribution in [0, 0.1) is 0 Å². The minimum absolute atomic E-state index is 0. The number of esters is 1. The quantitative estimate of drug-likeness (QED) is 0.264. The maximum Gasteiger partial charge on any atom is 1.00 e. The van der Waals surface area contributed by atoms with Gasteiger partial charge in [-0.25, -0.2) is 4.79 Å². The van der Waals surface area contributed by atoms with Gasteiger partial charge in [0.1, 0.15) is 0 Å². The number of amides is 1. The predicted octanol–water partition coefficient (Wildman–Crippen LogP) is -4.57. The van der Waals surface area contributed by atoms with Gasteiger partial charge in [-0.15, -0.1) is 0 Å². The summed E-state index contributed by atoms with van der Waals surface area (Å²) in [7, 11) is 0. The van der Waals surface area contributed by atoms with Crippen LogP contribution < -0.4 is 67.5 Å². The number of carboxylic acid groups (broad SMARTS) is 1. The molecule has 3 N–H and O–H groups in total. The van der Waals surface area contributed by atoms with E-state index in [1.807, 2.05) is 0 Å². The summed E-state index contributed by atoms with van der Waals surface area (Å²) >= 11 is 0. The Morgan fingerprint density at radius 2 is 2.00 bits per heavy atom. The largest absolute Gasteiger partial charge is 1.00 e. The van der Waals surface area contributed by atoms with Crippen LogP contribution in [0.4, 0.5) is 0 Å². The van der Waals surface area contributed by atoms with Gasteiger partial charge in [0.15, 0.2) is 0 Å². The number of ether oxygens (including phenoxy) is 1. The van der Waals surface area contributed by atoms with E-state index in [1.54, 1.807) is 6.92 Å². The average molecular weight is 296 g/mol. The second-order valence-corrected chi connectivity index (χ2v) is 3.60. The van der Waals surface area contributed by atoms with Crippen molar-refractivity contribution >= 4 is 17.8 Å². The molecule has 0 fully saturated rings. The Morgan fingerprint density at radius 1 is 1.42 bits per heavy atom. The SMILES string of the molecule is CCOC(=O)/C=C(\C)N[C@@H](CCC(N)=O)C(=O)[O-].[K+]. The summed E-state index contributed by atoms with van der Waals surface area (Å²) in [5.41, 5.74) is 5.24. The van der Waals surface area contributed by atoms with Crippen LogP contribution in [0.15, 0.2) is 11.8 Å². The van der Waals surface area contributed by atoms with Crippen molar-refractivity contribution in [3.8, 4) is 0 Å². The summed E-state index contributed by atoms with van der Waals surface area (Å²) in [5.74, 6) is -2.54. The number of aliphatic carboxylic acids is 1. The summed E-state index contributed by atoms with van der Waals surface area (Å²) in [6.07, 6.45) is 1.04. The topological polar surface area (TPSA) is 122 Å². The first-order valence-electron chi connectivity index (χ1n) is 5.47. The molecule has 0 radical (unpaired) electrons. The molecule has 0 aromatic heterocycles. The summed E-state index contributed by atoms with van der Waals surface area (Å²) in [4.78, 5) is 32.5. The number of allylic oxidation sites excluding steroid dienone is 1. The Kier molecular flexibility index (Phi) is 12.6. The number of carbonyl (C=O) groups is 3. The average Bonchev–Trinajstić information content (AvgIpc) is 2.23. The number of primary amides is 1. The first-order valence-corrected chi connectivity index (χ1v) is 5.47. The second kappa shape index (κ2) is 11.4. The fourth-order valence-electron chi connectivity index (χ4n) is 1.21. The van der Waals surface area contributed by atoms with E-state index in [4.69, 9.17) is 5.73 Å². The number of hydrogen-bond donors (Lipinski definition) is 2. The maximum absolute atomic E-state index is 11.1. The van der Waals surface area contributed by atoms with E-state index in [-0.39, 0.29) is 70.8 Å². The maximum atomic E-state index is 11.1. The van der Waals surface area contributed by atoms with Crippen LogP contribution in [0.1, 0.15) is 26.7 Å². The van der Waals surface area contributed by atoms with Gasteiger partial charge in [-0.2, -0.15) is 0 Å². The van der Waals surface area contributed by atoms with E-state index in [9.17, 15) is 19.5 Å². The van der Waals surface area contributed by atoms with E-state index in [1.165, 1.54) is 6.92 Å². The molecule has 0 unspecified atom stereocenters. The number of rotatable bonds is 8. The molecule has 0 rings (SSSR count). The molecule has 0 saturated carbocycles. The van der Waals surface area contributed by atoms with Gasteiger partial charge in [-0.05, 0) is 20.3 Å². The van der Waals surface area contributed by atoms with Crippen LogP contribution in [0.5, 0.6) is 0 Å². The third-order valence-electron chi connectivity index (χ3n) is 1.99. The Bertz CT molecular complexity index is 357. The standard InChI is InChI=1S/C11H18N2O5.K/c1-3-18-10(15)6-7(2)13-8(11(16)17)4-5-9(12)14;/h6,8,13H,3-5H2,1-2H3,(H2,12,14)(H,16,17);/q;+1/p-1/b7-6+;/t8-;/m0./s1. The van der Waals surface area contributed by atoms with E-state index in [0.29, 0.717) is 5.70 Å². The number of carbonyl (C=O) groups excluding carboxylic acids is 3. The van der Waals surface area contributed by atoms with Crippen LogP contribution in [0.25, 0.3) is 0 Å². The molecule has 7 nitrogen and oxygen atoms in total. The van der Waals surface area contributed by atoms with Crippen molar-refractivity contribution in [3.05, 3.63) is 11.8 Å². The Hall–Kier alpha value is -0.414. The van der Waals surface area contributed by atoms with E-state index >= 15 is 0 Å². The molecular formula is C11H17KN2O5.